The predicted octanol–water partition coefficient (Wildman–Crippen LogP) is 3.71. The van der Waals surface area contributed by atoms with Gasteiger partial charge >= 0.3 is 12.2 Å². The third-order valence-electron chi connectivity index (χ3n) is 4.51. The Bertz CT molecular complexity index is 866. The lowest BCUT2D eigenvalue weighted by Crippen LogP contribution is -2.41. The molecule has 7 nitrogen and oxygen atoms in total. The highest BCUT2D eigenvalue weighted by Crippen LogP contribution is 2.24. The molecule has 1 aliphatic rings. The van der Waals surface area contributed by atoms with Crippen LogP contribution in [0.2, 0.25) is 0 Å². The quantitative estimate of drug-likeness (QED) is 0.448. The normalized spacial score (nSPS) is 18.3. The molecular weight excluding hydrogens is 384 g/mol. The van der Waals surface area contributed by atoms with Crippen molar-refractivity contribution in [2.45, 2.75) is 25.2 Å². The number of anilines is 2. The van der Waals surface area contributed by atoms with Crippen molar-refractivity contribution in [1.29, 1.82) is 0 Å². The van der Waals surface area contributed by atoms with Crippen LogP contribution in [0.1, 0.15) is 12.0 Å². The Labute approximate surface area is 166 Å². The number of nitrogens with one attached hydrogen (secondary N) is 1. The summed E-state index contributed by atoms with van der Waals surface area (Å²) in [4.78, 5) is 25.2. The van der Waals surface area contributed by atoms with Crippen molar-refractivity contribution in [3.8, 4) is 0 Å². The number of nitrogens with two attached hydrogens (primary N) is 1. The Morgan fingerprint density at radius 2 is 1.97 bits per heavy atom. The van der Waals surface area contributed by atoms with E-state index >= 15 is 0 Å². The number of amides is 1. The van der Waals surface area contributed by atoms with Gasteiger partial charge in [-0.25, -0.2) is 18.4 Å². The number of hydrogen-bond acceptors (Lipinski definition) is 6. The summed E-state index contributed by atoms with van der Waals surface area (Å²) in [7, 11) is 0. The topological polar surface area (TPSA) is 93.9 Å². The molecule has 1 aliphatic heterocycles. The molecule has 1 heterocycles. The number of likely N-dealkylation sites (tertiary alicyclic amines) is 1. The lowest BCUT2D eigenvalue weighted by atomic mass is 10.2. The fourth-order valence-electron chi connectivity index (χ4n) is 3.07. The van der Waals surface area contributed by atoms with Crippen LogP contribution in [-0.2, 0) is 16.1 Å². The number of hydrogen-bond donors (Lipinski definition) is 2. The zero-order valence-electron chi connectivity index (χ0n) is 15.5. The third-order valence-corrected chi connectivity index (χ3v) is 4.51. The maximum absolute atomic E-state index is 13.9. The highest BCUT2D eigenvalue weighted by Gasteiger charge is 2.37. The molecule has 0 aromatic heterocycles. The number of halogens is 2. The Morgan fingerprint density at radius 1 is 1.21 bits per heavy atom. The first kappa shape index (κ1) is 20.4. The van der Waals surface area contributed by atoms with Gasteiger partial charge in [0.25, 0.3) is 0 Å². The van der Waals surface area contributed by atoms with Crippen LogP contribution in [0, 0.1) is 5.82 Å². The van der Waals surface area contributed by atoms with Gasteiger partial charge in [-0.2, -0.15) is 0 Å². The molecule has 1 fully saturated rings. The van der Waals surface area contributed by atoms with Crippen LogP contribution in [0.3, 0.4) is 0 Å². The molecule has 1 amide bonds. The van der Waals surface area contributed by atoms with Crippen LogP contribution in [0.4, 0.5) is 29.7 Å². The zero-order chi connectivity index (χ0) is 20.8. The van der Waals surface area contributed by atoms with Gasteiger partial charge in [-0.15, -0.1) is 0 Å². The summed E-state index contributed by atoms with van der Waals surface area (Å²) in [5, 5.41) is 2.96. The Hall–Kier alpha value is -3.36. The van der Waals surface area contributed by atoms with Crippen LogP contribution in [0.5, 0.6) is 0 Å². The summed E-state index contributed by atoms with van der Waals surface area (Å²) >= 11 is 0. The Morgan fingerprint density at radius 3 is 2.69 bits per heavy atom. The maximum Gasteiger partial charge on any atom is 0.517 e. The highest BCUT2D eigenvalue weighted by atomic mass is 19.1. The number of carbonyl (C=O) groups excluding carboxylic acids is 2. The molecule has 3 N–H and O–H groups in total. The van der Waals surface area contributed by atoms with Crippen LogP contribution in [0.15, 0.2) is 48.5 Å². The molecule has 0 bridgehead atoms. The standard InChI is InChI=1S/C20H21F2N3O4/c21-14-6-7-18(17(23)9-14)24-10-16-8-15(22)11-25(16)19(26)29-20(27)28-12-13-4-2-1-3-5-13/h1-7,9,15-16,24H,8,10-12,23H2/t15?,16-/m0/s1. The average Bonchev–Trinajstić information content (AvgIpc) is 3.07. The van der Waals surface area contributed by atoms with E-state index in [0.717, 1.165) is 16.5 Å². The van der Waals surface area contributed by atoms with Crippen molar-refractivity contribution >= 4 is 23.6 Å². The monoisotopic (exact) mass is 405 g/mol. The Kier molecular flexibility index (Phi) is 6.48. The van der Waals surface area contributed by atoms with Crippen LogP contribution >= 0.6 is 0 Å². The molecule has 9 heteroatoms. The minimum absolute atomic E-state index is 0.0481. The van der Waals surface area contributed by atoms with E-state index < -0.39 is 30.3 Å². The molecule has 1 unspecified atom stereocenters. The SMILES string of the molecule is Nc1cc(F)ccc1NC[C@@H]1CC(F)CN1C(=O)OC(=O)OCc1ccccc1. The first-order valence-electron chi connectivity index (χ1n) is 9.04. The van der Waals surface area contributed by atoms with Crippen molar-refractivity contribution in [2.75, 3.05) is 24.1 Å². The Balaban J connectivity index is 1.53. The highest BCUT2D eigenvalue weighted by molar-refractivity contribution is 5.81. The van der Waals surface area contributed by atoms with E-state index in [0.29, 0.717) is 5.69 Å². The lowest BCUT2D eigenvalue weighted by Gasteiger charge is -2.23. The molecule has 0 radical (unpaired) electrons. The summed E-state index contributed by atoms with van der Waals surface area (Å²) in [5.74, 6) is -0.475. The van der Waals surface area contributed by atoms with Crippen molar-refractivity contribution < 1.29 is 27.8 Å². The van der Waals surface area contributed by atoms with Gasteiger partial charge in [-0.05, 0) is 23.8 Å². The summed E-state index contributed by atoms with van der Waals surface area (Å²) in [6.07, 6.45) is -3.32. The number of ether oxygens (including phenoxy) is 2. The minimum atomic E-state index is -1.25. The fourth-order valence-corrected chi connectivity index (χ4v) is 3.07. The molecule has 3 rings (SSSR count). The molecule has 2 aromatic carbocycles. The first-order valence-corrected chi connectivity index (χ1v) is 9.04. The van der Waals surface area contributed by atoms with Gasteiger partial charge in [0.15, 0.2) is 0 Å². The molecular formula is C20H21F2N3O4. The van der Waals surface area contributed by atoms with E-state index in [2.05, 4.69) is 10.1 Å². The van der Waals surface area contributed by atoms with Crippen LogP contribution in [-0.4, -0.2) is 42.5 Å². The lowest BCUT2D eigenvalue weighted by molar-refractivity contribution is 0.0541. The summed E-state index contributed by atoms with van der Waals surface area (Å²) < 4.78 is 36.6. The number of carbonyl (C=O) groups is 2. The number of alkyl halides is 1. The number of nitrogens with zero attached hydrogens (tertiary/aromatic N) is 1. The molecule has 0 spiro atoms. The van der Waals surface area contributed by atoms with Crippen molar-refractivity contribution in [3.05, 3.63) is 59.9 Å². The van der Waals surface area contributed by atoms with E-state index in [1.165, 1.54) is 12.1 Å². The zero-order valence-corrected chi connectivity index (χ0v) is 15.5. The molecule has 2 aromatic rings. The van der Waals surface area contributed by atoms with Crippen LogP contribution in [0.25, 0.3) is 0 Å². The number of nitrogen functional groups attached to an aromatic ring is 1. The molecule has 29 heavy (non-hydrogen) atoms. The second-order valence-electron chi connectivity index (χ2n) is 6.64. The average molecular weight is 405 g/mol. The van der Waals surface area contributed by atoms with E-state index in [4.69, 9.17) is 10.5 Å². The molecule has 2 atom stereocenters. The van der Waals surface area contributed by atoms with Gasteiger partial charge in [-0.1, -0.05) is 30.3 Å². The summed E-state index contributed by atoms with van der Waals surface area (Å²) in [6.45, 7) is -0.0893. The van der Waals surface area contributed by atoms with Gasteiger partial charge in [0.05, 0.1) is 24.0 Å². The first-order chi connectivity index (χ1) is 13.9. The fraction of sp³-hybridized carbons (Fsp3) is 0.300. The number of rotatable bonds is 5. The second kappa shape index (κ2) is 9.22. The van der Waals surface area contributed by atoms with Crippen molar-refractivity contribution in [3.63, 3.8) is 0 Å². The van der Waals surface area contributed by atoms with E-state index in [1.54, 1.807) is 24.3 Å². The van der Waals surface area contributed by atoms with E-state index in [-0.39, 0.29) is 31.8 Å². The maximum atomic E-state index is 13.9. The van der Waals surface area contributed by atoms with Crippen molar-refractivity contribution in [2.24, 2.45) is 0 Å². The van der Waals surface area contributed by atoms with E-state index in [1.807, 2.05) is 6.07 Å². The summed E-state index contributed by atoms with van der Waals surface area (Å²) in [6, 6.07) is 12.2. The molecule has 0 aliphatic carbocycles. The summed E-state index contributed by atoms with van der Waals surface area (Å²) in [5.41, 5.74) is 7.12. The van der Waals surface area contributed by atoms with Gasteiger partial charge in [-0.3, -0.25) is 4.90 Å². The van der Waals surface area contributed by atoms with Gasteiger partial charge in [0.1, 0.15) is 18.6 Å². The van der Waals surface area contributed by atoms with E-state index in [9.17, 15) is 18.4 Å². The smallest absolute Gasteiger partial charge is 0.429 e. The number of benzene rings is 2. The third kappa shape index (κ3) is 5.56. The predicted molar refractivity (Wildman–Crippen MR) is 102 cm³/mol. The molecule has 154 valence electrons. The van der Waals surface area contributed by atoms with Crippen molar-refractivity contribution in [1.82, 2.24) is 4.90 Å². The van der Waals surface area contributed by atoms with Crippen LogP contribution < -0.4 is 11.1 Å². The van der Waals surface area contributed by atoms with Gasteiger partial charge < -0.3 is 20.5 Å². The largest absolute Gasteiger partial charge is 0.517 e. The van der Waals surface area contributed by atoms with Gasteiger partial charge in [0, 0.05) is 13.0 Å². The second-order valence-corrected chi connectivity index (χ2v) is 6.64. The molecule has 1 saturated heterocycles. The van der Waals surface area contributed by atoms with Gasteiger partial charge in [0.2, 0.25) is 0 Å². The minimum Gasteiger partial charge on any atom is -0.429 e. The molecule has 0 saturated carbocycles.